The summed E-state index contributed by atoms with van der Waals surface area (Å²) in [6.45, 7) is 2.50. The minimum absolute atomic E-state index is 0.271. The predicted molar refractivity (Wildman–Crippen MR) is 107 cm³/mol. The van der Waals surface area contributed by atoms with E-state index in [0.717, 1.165) is 27.8 Å². The molecule has 4 rings (SSSR count). The smallest absolute Gasteiger partial charge is 0.341 e. The number of urea groups is 1. The van der Waals surface area contributed by atoms with Crippen LogP contribution in [0.3, 0.4) is 0 Å². The molecule has 7 heteroatoms. The number of rotatable bonds is 3. The van der Waals surface area contributed by atoms with Gasteiger partial charge in [0, 0.05) is 29.0 Å². The Hall–Kier alpha value is -3.06. The monoisotopic (exact) mass is 381 g/mol. The maximum atomic E-state index is 12.7. The number of para-hydroxylation sites is 1. The van der Waals surface area contributed by atoms with Gasteiger partial charge in [0.1, 0.15) is 0 Å². The largest absolute Gasteiger partial charge is 0.462 e. The zero-order chi connectivity index (χ0) is 18.8. The van der Waals surface area contributed by atoms with E-state index in [1.54, 1.807) is 13.1 Å². The number of amides is 2. The lowest BCUT2D eigenvalue weighted by molar-refractivity contribution is -0.136. The number of hydrogen-bond donors (Lipinski definition) is 2. The van der Waals surface area contributed by atoms with E-state index in [0.29, 0.717) is 18.5 Å². The van der Waals surface area contributed by atoms with Crippen LogP contribution in [0.25, 0.3) is 16.5 Å². The molecule has 6 nitrogen and oxygen atoms in total. The van der Waals surface area contributed by atoms with Crippen LogP contribution in [0, 0.1) is 0 Å². The Labute approximate surface area is 160 Å². The standard InChI is InChI=1S/C20H19N3O3S/c1-2-26-19(24)16-11-23(20(25)21-13-8-10-27-12-13)9-7-15-14-5-3-4-6-17(14)22-18(15)16/h3-6,8,10-12,22H,2,7,9H2,1H3,(H,21,25). The zero-order valence-corrected chi connectivity index (χ0v) is 15.6. The molecule has 3 aromatic rings. The third-order valence-corrected chi connectivity index (χ3v) is 5.18. The highest BCUT2D eigenvalue weighted by Gasteiger charge is 2.27. The molecule has 1 aliphatic heterocycles. The van der Waals surface area contributed by atoms with Crippen LogP contribution in [0.5, 0.6) is 0 Å². The van der Waals surface area contributed by atoms with Crippen LogP contribution in [0.1, 0.15) is 18.2 Å². The van der Waals surface area contributed by atoms with Crippen LogP contribution in [0.15, 0.2) is 47.3 Å². The predicted octanol–water partition coefficient (Wildman–Crippen LogP) is 4.22. The third kappa shape index (κ3) is 3.33. The summed E-state index contributed by atoms with van der Waals surface area (Å²) in [5.41, 5.74) is 3.82. The number of hydrogen-bond acceptors (Lipinski definition) is 4. The number of fused-ring (bicyclic) bond motifs is 3. The average Bonchev–Trinajstić information content (AvgIpc) is 3.25. The highest BCUT2D eigenvalue weighted by molar-refractivity contribution is 7.08. The van der Waals surface area contributed by atoms with Gasteiger partial charge in [-0.3, -0.25) is 4.90 Å². The first kappa shape index (κ1) is 17.4. The second-order valence-corrected chi connectivity index (χ2v) is 6.95. The van der Waals surface area contributed by atoms with Gasteiger partial charge in [-0.2, -0.15) is 11.3 Å². The van der Waals surface area contributed by atoms with Crippen LogP contribution < -0.4 is 5.32 Å². The molecule has 0 saturated heterocycles. The molecule has 0 fully saturated rings. The third-order valence-electron chi connectivity index (χ3n) is 4.50. The summed E-state index contributed by atoms with van der Waals surface area (Å²) < 4.78 is 5.24. The van der Waals surface area contributed by atoms with Crippen LogP contribution >= 0.6 is 11.3 Å². The number of carbonyl (C=O) groups is 2. The maximum absolute atomic E-state index is 12.7. The molecule has 0 radical (unpaired) electrons. The Morgan fingerprint density at radius 1 is 1.30 bits per heavy atom. The van der Waals surface area contributed by atoms with Crippen molar-refractivity contribution in [1.29, 1.82) is 0 Å². The van der Waals surface area contributed by atoms with E-state index in [9.17, 15) is 9.59 Å². The lowest BCUT2D eigenvalue weighted by atomic mass is 10.0. The molecule has 2 amide bonds. The number of esters is 1. The van der Waals surface area contributed by atoms with Crippen molar-refractivity contribution >= 4 is 45.5 Å². The van der Waals surface area contributed by atoms with Crippen LogP contribution in [-0.4, -0.2) is 35.0 Å². The molecule has 0 unspecified atom stereocenters. The molecule has 0 saturated carbocycles. The van der Waals surface area contributed by atoms with E-state index in [4.69, 9.17) is 4.74 Å². The van der Waals surface area contributed by atoms with E-state index >= 15 is 0 Å². The Kier molecular flexibility index (Phi) is 4.68. The Balaban J connectivity index is 1.73. The van der Waals surface area contributed by atoms with Crippen molar-refractivity contribution in [2.75, 3.05) is 18.5 Å². The number of anilines is 1. The van der Waals surface area contributed by atoms with Gasteiger partial charge in [0.25, 0.3) is 0 Å². The van der Waals surface area contributed by atoms with Crippen molar-refractivity contribution < 1.29 is 14.3 Å². The molecule has 3 heterocycles. The molecule has 1 aliphatic rings. The first-order valence-electron chi connectivity index (χ1n) is 8.76. The summed E-state index contributed by atoms with van der Waals surface area (Å²) in [7, 11) is 0. The normalized spacial score (nSPS) is 13.7. The number of nitrogens with zero attached hydrogens (tertiary/aromatic N) is 1. The summed E-state index contributed by atoms with van der Waals surface area (Å²) in [6.07, 6.45) is 2.22. The van der Waals surface area contributed by atoms with Gasteiger partial charge in [-0.25, -0.2) is 9.59 Å². The molecule has 0 atom stereocenters. The van der Waals surface area contributed by atoms with E-state index in [-0.39, 0.29) is 12.6 Å². The number of benzene rings is 1. The Morgan fingerprint density at radius 3 is 2.93 bits per heavy atom. The Morgan fingerprint density at radius 2 is 2.15 bits per heavy atom. The maximum Gasteiger partial charge on any atom is 0.341 e. The molecular weight excluding hydrogens is 362 g/mol. The van der Waals surface area contributed by atoms with Crippen molar-refractivity contribution in [2.45, 2.75) is 13.3 Å². The molecule has 0 aliphatic carbocycles. The first-order chi connectivity index (χ1) is 13.2. The summed E-state index contributed by atoms with van der Waals surface area (Å²) in [6, 6.07) is 9.49. The zero-order valence-electron chi connectivity index (χ0n) is 14.8. The van der Waals surface area contributed by atoms with Gasteiger partial charge in [-0.05, 0) is 36.4 Å². The van der Waals surface area contributed by atoms with Gasteiger partial charge in [0.05, 0.1) is 23.6 Å². The number of thiophene rings is 1. The first-order valence-corrected chi connectivity index (χ1v) is 9.70. The van der Waals surface area contributed by atoms with Gasteiger partial charge >= 0.3 is 12.0 Å². The lowest BCUT2D eigenvalue weighted by Gasteiger charge is -2.18. The quantitative estimate of drug-likeness (QED) is 0.667. The van der Waals surface area contributed by atoms with Crippen molar-refractivity contribution in [2.24, 2.45) is 0 Å². The van der Waals surface area contributed by atoms with Crippen LogP contribution in [-0.2, 0) is 16.0 Å². The van der Waals surface area contributed by atoms with Crippen molar-refractivity contribution in [1.82, 2.24) is 9.88 Å². The van der Waals surface area contributed by atoms with Crippen molar-refractivity contribution in [3.8, 4) is 0 Å². The molecule has 1 aromatic carbocycles. The molecule has 2 aromatic heterocycles. The fourth-order valence-electron chi connectivity index (χ4n) is 3.26. The number of aromatic nitrogens is 1. The van der Waals surface area contributed by atoms with Gasteiger partial charge < -0.3 is 15.0 Å². The Bertz CT molecular complexity index is 1020. The van der Waals surface area contributed by atoms with Gasteiger partial charge in [0.2, 0.25) is 0 Å². The summed E-state index contributed by atoms with van der Waals surface area (Å²) in [5, 5.41) is 7.68. The number of aromatic amines is 1. The molecule has 0 spiro atoms. The topological polar surface area (TPSA) is 74.4 Å². The average molecular weight is 381 g/mol. The van der Waals surface area contributed by atoms with Crippen LogP contribution in [0.2, 0.25) is 0 Å². The fraction of sp³-hybridized carbons (Fsp3) is 0.200. The molecule has 0 bridgehead atoms. The molecular formula is C20H19N3O3S. The van der Waals surface area contributed by atoms with E-state index in [1.165, 1.54) is 16.2 Å². The molecule has 27 heavy (non-hydrogen) atoms. The van der Waals surface area contributed by atoms with Crippen molar-refractivity contribution in [3.63, 3.8) is 0 Å². The number of nitrogens with one attached hydrogen (secondary N) is 2. The minimum Gasteiger partial charge on any atom is -0.462 e. The van der Waals surface area contributed by atoms with E-state index in [2.05, 4.69) is 10.3 Å². The minimum atomic E-state index is -0.444. The number of H-pyrrole nitrogens is 1. The number of ether oxygens (including phenoxy) is 1. The van der Waals surface area contributed by atoms with Gasteiger partial charge in [-0.1, -0.05) is 18.2 Å². The van der Waals surface area contributed by atoms with Crippen LogP contribution in [0.4, 0.5) is 10.5 Å². The second-order valence-electron chi connectivity index (χ2n) is 6.17. The second kappa shape index (κ2) is 7.28. The summed E-state index contributed by atoms with van der Waals surface area (Å²) in [5.74, 6) is -0.444. The van der Waals surface area contributed by atoms with Crippen molar-refractivity contribution in [3.05, 3.63) is 58.5 Å². The summed E-state index contributed by atoms with van der Waals surface area (Å²) >= 11 is 1.51. The summed E-state index contributed by atoms with van der Waals surface area (Å²) in [4.78, 5) is 30.2. The number of carbonyl (C=O) groups excluding carboxylic acids is 2. The van der Waals surface area contributed by atoms with E-state index < -0.39 is 5.97 Å². The highest BCUT2D eigenvalue weighted by atomic mass is 32.1. The molecule has 2 N–H and O–H groups in total. The van der Waals surface area contributed by atoms with E-state index in [1.807, 2.05) is 41.1 Å². The van der Waals surface area contributed by atoms with Gasteiger partial charge in [-0.15, -0.1) is 0 Å². The molecule has 138 valence electrons. The SMILES string of the molecule is CCOC(=O)C1=CN(C(=O)Nc2ccsc2)CCc2c1[nH]c1ccccc21. The lowest BCUT2D eigenvalue weighted by Crippen LogP contribution is -2.32. The highest BCUT2D eigenvalue weighted by Crippen LogP contribution is 2.31. The fourth-order valence-corrected chi connectivity index (χ4v) is 3.85. The van der Waals surface area contributed by atoms with Gasteiger partial charge in [0.15, 0.2) is 0 Å².